The lowest BCUT2D eigenvalue weighted by atomic mass is 10.1. The molecule has 0 aliphatic carbocycles. The van der Waals surface area contributed by atoms with Crippen LogP contribution in [0.4, 0.5) is 0 Å². The molecule has 0 saturated carbocycles. The van der Waals surface area contributed by atoms with Crippen LogP contribution in [0.3, 0.4) is 0 Å². The molecule has 1 fully saturated rings. The van der Waals surface area contributed by atoms with Crippen molar-refractivity contribution < 1.29 is 19.1 Å². The van der Waals surface area contributed by atoms with E-state index in [2.05, 4.69) is 31.2 Å². The molecular weight excluding hydrogens is 448 g/mol. The van der Waals surface area contributed by atoms with Gasteiger partial charge in [0.05, 0.1) is 11.5 Å². The van der Waals surface area contributed by atoms with E-state index in [9.17, 15) is 14.5 Å². The van der Waals surface area contributed by atoms with Gasteiger partial charge in [0.25, 0.3) is 5.91 Å². The molecule has 2 aromatic rings. The predicted molar refractivity (Wildman–Crippen MR) is 129 cm³/mol. The molecular formula is C23H22N2O5S2. The molecule has 0 radical (unpaired) electrons. The van der Waals surface area contributed by atoms with Gasteiger partial charge in [-0.05, 0) is 61.2 Å². The highest BCUT2D eigenvalue weighted by Gasteiger charge is 2.33. The molecule has 9 heteroatoms. The fourth-order valence-electron chi connectivity index (χ4n) is 3.01. The highest BCUT2D eigenvalue weighted by molar-refractivity contribution is 8.26. The molecule has 1 saturated heterocycles. The van der Waals surface area contributed by atoms with E-state index in [0.29, 0.717) is 35.2 Å². The summed E-state index contributed by atoms with van der Waals surface area (Å²) in [6, 6.07) is 11.6. The summed E-state index contributed by atoms with van der Waals surface area (Å²) < 4.78 is 11.9. The fraction of sp³-hybridized carbons (Fsp3) is 0.261. The number of nitroso groups, excluding NO2 is 1. The Kier molecular flexibility index (Phi) is 7.76. The van der Waals surface area contributed by atoms with E-state index in [-0.39, 0.29) is 4.32 Å². The van der Waals surface area contributed by atoms with Crippen LogP contribution in [0.5, 0.6) is 11.5 Å². The molecule has 1 heterocycles. The molecule has 0 aromatic heterocycles. The SMILES string of the molecule is CCOc1cc(/C=C2\SC(=S)N(CC(=O)N=O)C2=O)ccc1OCc1ccc(C)c(C)c1. The van der Waals surface area contributed by atoms with Gasteiger partial charge in [0.15, 0.2) is 11.5 Å². The number of aryl methyl sites for hydroxylation is 2. The predicted octanol–water partition coefficient (Wildman–Crippen LogP) is 4.78. The van der Waals surface area contributed by atoms with Crippen LogP contribution in [-0.2, 0) is 16.2 Å². The fourth-order valence-corrected chi connectivity index (χ4v) is 4.26. The zero-order valence-electron chi connectivity index (χ0n) is 17.9. The molecule has 0 bridgehead atoms. The van der Waals surface area contributed by atoms with Gasteiger partial charge < -0.3 is 9.47 Å². The molecule has 1 aliphatic heterocycles. The Morgan fingerprint density at radius 3 is 2.59 bits per heavy atom. The van der Waals surface area contributed by atoms with E-state index in [1.165, 1.54) is 11.1 Å². The number of carbonyl (C=O) groups excluding carboxylic acids is 2. The minimum atomic E-state index is -0.952. The van der Waals surface area contributed by atoms with Crippen molar-refractivity contribution in [2.45, 2.75) is 27.4 Å². The second-order valence-corrected chi connectivity index (χ2v) is 8.78. The maximum absolute atomic E-state index is 12.6. The number of nitrogens with zero attached hydrogens (tertiary/aromatic N) is 2. The van der Waals surface area contributed by atoms with Crippen LogP contribution in [0, 0.1) is 18.8 Å². The Balaban J connectivity index is 1.78. The van der Waals surface area contributed by atoms with Crippen molar-refractivity contribution in [3.8, 4) is 11.5 Å². The third kappa shape index (κ3) is 5.60. The summed E-state index contributed by atoms with van der Waals surface area (Å²) in [5.74, 6) is -0.241. The molecule has 32 heavy (non-hydrogen) atoms. The largest absolute Gasteiger partial charge is 0.490 e. The van der Waals surface area contributed by atoms with E-state index >= 15 is 0 Å². The lowest BCUT2D eigenvalue weighted by Crippen LogP contribution is -2.32. The van der Waals surface area contributed by atoms with Crippen molar-refractivity contribution >= 4 is 46.2 Å². The first kappa shape index (κ1) is 23.6. The van der Waals surface area contributed by atoms with Gasteiger partial charge in [-0.3, -0.25) is 14.5 Å². The van der Waals surface area contributed by atoms with Gasteiger partial charge >= 0.3 is 5.91 Å². The van der Waals surface area contributed by atoms with E-state index in [0.717, 1.165) is 22.2 Å². The third-order valence-electron chi connectivity index (χ3n) is 4.80. The third-order valence-corrected chi connectivity index (χ3v) is 6.18. The van der Waals surface area contributed by atoms with E-state index in [1.807, 2.05) is 19.1 Å². The summed E-state index contributed by atoms with van der Waals surface area (Å²) in [4.78, 5) is 35.6. The molecule has 7 nitrogen and oxygen atoms in total. The van der Waals surface area contributed by atoms with Crippen LogP contribution in [0.15, 0.2) is 46.5 Å². The first-order chi connectivity index (χ1) is 15.3. The van der Waals surface area contributed by atoms with Crippen molar-refractivity contribution in [3.63, 3.8) is 0 Å². The molecule has 0 atom stereocenters. The Bertz CT molecular complexity index is 1110. The summed E-state index contributed by atoms with van der Waals surface area (Å²) >= 11 is 6.21. The van der Waals surface area contributed by atoms with Crippen molar-refractivity contribution in [2.24, 2.45) is 5.18 Å². The number of thiocarbonyl (C=S) groups is 1. The van der Waals surface area contributed by atoms with Crippen LogP contribution >= 0.6 is 24.0 Å². The second-order valence-electron chi connectivity index (χ2n) is 7.10. The van der Waals surface area contributed by atoms with Crippen molar-refractivity contribution in [1.29, 1.82) is 0 Å². The number of benzene rings is 2. The van der Waals surface area contributed by atoms with E-state index < -0.39 is 18.4 Å². The Morgan fingerprint density at radius 2 is 1.91 bits per heavy atom. The van der Waals surface area contributed by atoms with Crippen LogP contribution in [0.2, 0.25) is 0 Å². The van der Waals surface area contributed by atoms with Gasteiger partial charge in [0.1, 0.15) is 17.5 Å². The maximum Gasteiger partial charge on any atom is 0.306 e. The average molecular weight is 471 g/mol. The van der Waals surface area contributed by atoms with Crippen LogP contribution in [0.25, 0.3) is 6.08 Å². The topological polar surface area (TPSA) is 85.3 Å². The van der Waals surface area contributed by atoms with Crippen molar-refractivity contribution in [3.05, 3.63) is 68.5 Å². The molecule has 3 rings (SSSR count). The molecule has 166 valence electrons. The number of hydrogen-bond donors (Lipinski definition) is 0. The minimum absolute atomic E-state index is 0.205. The van der Waals surface area contributed by atoms with Gasteiger partial charge in [-0.2, -0.15) is 0 Å². The Hall–Kier alpha value is -3.04. The van der Waals surface area contributed by atoms with Gasteiger partial charge in [0, 0.05) is 5.18 Å². The summed E-state index contributed by atoms with van der Waals surface area (Å²) in [6.07, 6.45) is 1.66. The summed E-state index contributed by atoms with van der Waals surface area (Å²) in [6.45, 7) is 6.40. The standard InChI is InChI=1S/C23H22N2O5S2/c1-4-29-19-10-16(11-20-22(27)25(23(31)32-20)12-21(26)24-28)7-8-18(19)30-13-17-6-5-14(2)15(3)9-17/h5-11H,4,12-13H2,1-3H3/b20-11-. The average Bonchev–Trinajstić information content (AvgIpc) is 3.03. The number of thioether (sulfide) groups is 1. The Morgan fingerprint density at radius 1 is 1.12 bits per heavy atom. The van der Waals surface area contributed by atoms with Crippen LogP contribution in [0.1, 0.15) is 29.2 Å². The van der Waals surface area contributed by atoms with Gasteiger partial charge in [-0.15, -0.1) is 4.91 Å². The van der Waals surface area contributed by atoms with E-state index in [1.54, 1.807) is 18.2 Å². The number of ether oxygens (including phenoxy) is 2. The minimum Gasteiger partial charge on any atom is -0.490 e. The molecule has 0 spiro atoms. The van der Waals surface area contributed by atoms with Crippen molar-refractivity contribution in [1.82, 2.24) is 4.90 Å². The normalized spacial score (nSPS) is 14.7. The lowest BCUT2D eigenvalue weighted by molar-refractivity contribution is -0.127. The van der Waals surface area contributed by atoms with Gasteiger partial charge in [0.2, 0.25) is 0 Å². The number of amides is 2. The van der Waals surface area contributed by atoms with Crippen LogP contribution < -0.4 is 9.47 Å². The lowest BCUT2D eigenvalue weighted by Gasteiger charge is -2.13. The van der Waals surface area contributed by atoms with Crippen LogP contribution in [-0.4, -0.2) is 34.2 Å². The van der Waals surface area contributed by atoms with Crippen molar-refractivity contribution in [2.75, 3.05) is 13.2 Å². The monoisotopic (exact) mass is 470 g/mol. The zero-order valence-corrected chi connectivity index (χ0v) is 19.5. The Labute approximate surface area is 195 Å². The quantitative estimate of drug-likeness (QED) is 0.312. The summed E-state index contributed by atoms with van der Waals surface area (Å²) in [5, 5.41) is 2.32. The number of hydrogen-bond acceptors (Lipinski definition) is 7. The number of rotatable bonds is 8. The number of carbonyl (C=O) groups is 2. The molecule has 2 amide bonds. The maximum atomic E-state index is 12.6. The molecule has 1 aliphatic rings. The highest BCUT2D eigenvalue weighted by Crippen LogP contribution is 2.35. The smallest absolute Gasteiger partial charge is 0.306 e. The summed E-state index contributed by atoms with van der Waals surface area (Å²) in [7, 11) is 0. The van der Waals surface area contributed by atoms with E-state index in [4.69, 9.17) is 21.7 Å². The first-order valence-corrected chi connectivity index (χ1v) is 11.1. The van der Waals surface area contributed by atoms with Gasteiger partial charge in [-0.1, -0.05) is 48.2 Å². The molecule has 2 aromatic carbocycles. The first-order valence-electron chi connectivity index (χ1n) is 9.89. The summed E-state index contributed by atoms with van der Waals surface area (Å²) in [5.41, 5.74) is 4.20. The highest BCUT2D eigenvalue weighted by atomic mass is 32.2. The molecule has 0 N–H and O–H groups in total. The van der Waals surface area contributed by atoms with Gasteiger partial charge in [-0.25, -0.2) is 0 Å². The zero-order chi connectivity index (χ0) is 23.3. The second kappa shape index (κ2) is 10.5. The molecule has 0 unspecified atom stereocenters.